The molecule has 0 amide bonds. The number of carbonyl (C=O) groups excluding carboxylic acids is 1. The average Bonchev–Trinajstić information content (AvgIpc) is 2.87. The van der Waals surface area contributed by atoms with E-state index in [-0.39, 0.29) is 17.2 Å². The minimum absolute atomic E-state index is 0.0364. The van der Waals surface area contributed by atoms with Crippen molar-refractivity contribution in [3.8, 4) is 0 Å². The van der Waals surface area contributed by atoms with Gasteiger partial charge in [0, 0.05) is 26.3 Å². The SMILES string of the molecule is COCCOCCCOC(=O)c1cc(S(N)(=O)=O)c[nH]1. The van der Waals surface area contributed by atoms with Crippen LogP contribution >= 0.6 is 0 Å². The topological polar surface area (TPSA) is 121 Å². The second kappa shape index (κ2) is 8.00. The number of nitrogens with one attached hydrogen (secondary N) is 1. The zero-order chi connectivity index (χ0) is 15.0. The van der Waals surface area contributed by atoms with Crippen molar-refractivity contribution in [1.82, 2.24) is 4.98 Å². The monoisotopic (exact) mass is 306 g/mol. The van der Waals surface area contributed by atoms with Crippen molar-refractivity contribution in [1.29, 1.82) is 0 Å². The van der Waals surface area contributed by atoms with Gasteiger partial charge in [-0.05, 0) is 6.07 Å². The van der Waals surface area contributed by atoms with Crippen molar-refractivity contribution in [2.45, 2.75) is 11.3 Å². The Bertz CT molecular complexity index is 525. The van der Waals surface area contributed by atoms with Gasteiger partial charge in [-0.15, -0.1) is 0 Å². The van der Waals surface area contributed by atoms with Gasteiger partial charge in [-0.1, -0.05) is 0 Å². The molecule has 114 valence electrons. The van der Waals surface area contributed by atoms with Gasteiger partial charge in [0.1, 0.15) is 10.6 Å². The van der Waals surface area contributed by atoms with Crippen LogP contribution in [0.2, 0.25) is 0 Å². The fourth-order valence-corrected chi connectivity index (χ4v) is 1.81. The maximum atomic E-state index is 11.6. The molecule has 1 heterocycles. The molecule has 1 aromatic heterocycles. The van der Waals surface area contributed by atoms with Gasteiger partial charge in [0.2, 0.25) is 10.0 Å². The number of aromatic amines is 1. The molecule has 0 spiro atoms. The number of primary sulfonamides is 1. The molecule has 0 unspecified atom stereocenters. The van der Waals surface area contributed by atoms with Crippen LogP contribution in [-0.2, 0) is 24.2 Å². The first-order chi connectivity index (χ1) is 9.45. The average molecular weight is 306 g/mol. The smallest absolute Gasteiger partial charge is 0.354 e. The van der Waals surface area contributed by atoms with Gasteiger partial charge in [0.15, 0.2) is 0 Å². The molecule has 0 aliphatic carbocycles. The molecule has 0 aromatic carbocycles. The van der Waals surface area contributed by atoms with Crippen LogP contribution in [0.3, 0.4) is 0 Å². The van der Waals surface area contributed by atoms with Gasteiger partial charge < -0.3 is 19.2 Å². The molecular weight excluding hydrogens is 288 g/mol. The van der Waals surface area contributed by atoms with Crippen LogP contribution in [0.5, 0.6) is 0 Å². The summed E-state index contributed by atoms with van der Waals surface area (Å²) in [6.45, 7) is 1.62. The lowest BCUT2D eigenvalue weighted by atomic mass is 10.4. The molecule has 3 N–H and O–H groups in total. The molecule has 1 aromatic rings. The molecule has 0 radical (unpaired) electrons. The number of hydrogen-bond donors (Lipinski definition) is 2. The van der Waals surface area contributed by atoms with Crippen LogP contribution in [0.25, 0.3) is 0 Å². The molecule has 0 aliphatic rings. The molecule has 0 saturated heterocycles. The van der Waals surface area contributed by atoms with Gasteiger partial charge in [-0.3, -0.25) is 0 Å². The quantitative estimate of drug-likeness (QED) is 0.484. The highest BCUT2D eigenvalue weighted by atomic mass is 32.2. The first kappa shape index (κ1) is 16.6. The predicted octanol–water partition coefficient (Wildman–Crippen LogP) is -0.128. The highest BCUT2D eigenvalue weighted by Crippen LogP contribution is 2.09. The third kappa shape index (κ3) is 5.70. The van der Waals surface area contributed by atoms with Crippen molar-refractivity contribution in [3.63, 3.8) is 0 Å². The highest BCUT2D eigenvalue weighted by molar-refractivity contribution is 7.89. The molecule has 0 saturated carbocycles. The second-order valence-corrected chi connectivity index (χ2v) is 5.45. The summed E-state index contributed by atoms with van der Waals surface area (Å²) in [4.78, 5) is 13.9. The summed E-state index contributed by atoms with van der Waals surface area (Å²) in [5.74, 6) is -0.642. The zero-order valence-electron chi connectivity index (χ0n) is 11.1. The van der Waals surface area contributed by atoms with E-state index in [4.69, 9.17) is 19.3 Å². The Hall–Kier alpha value is -1.42. The molecule has 0 bridgehead atoms. The lowest BCUT2D eigenvalue weighted by molar-refractivity contribution is 0.0381. The summed E-state index contributed by atoms with van der Waals surface area (Å²) in [6, 6.07) is 1.13. The fraction of sp³-hybridized carbons (Fsp3) is 0.545. The Morgan fingerprint density at radius 1 is 1.30 bits per heavy atom. The second-order valence-electron chi connectivity index (χ2n) is 3.89. The zero-order valence-corrected chi connectivity index (χ0v) is 11.9. The number of esters is 1. The Morgan fingerprint density at radius 3 is 2.65 bits per heavy atom. The lowest BCUT2D eigenvalue weighted by Crippen LogP contribution is -2.11. The number of carbonyl (C=O) groups is 1. The normalized spacial score (nSPS) is 11.5. The fourth-order valence-electron chi connectivity index (χ4n) is 1.30. The minimum Gasteiger partial charge on any atom is -0.461 e. The van der Waals surface area contributed by atoms with Crippen LogP contribution in [0.1, 0.15) is 16.9 Å². The number of ether oxygens (including phenoxy) is 3. The van der Waals surface area contributed by atoms with Gasteiger partial charge in [0.25, 0.3) is 0 Å². The molecule has 8 nitrogen and oxygen atoms in total. The van der Waals surface area contributed by atoms with E-state index in [0.717, 1.165) is 12.3 Å². The number of H-pyrrole nitrogens is 1. The van der Waals surface area contributed by atoms with E-state index in [1.165, 1.54) is 0 Å². The Morgan fingerprint density at radius 2 is 2.05 bits per heavy atom. The van der Waals surface area contributed by atoms with Crippen molar-refractivity contribution in [2.75, 3.05) is 33.5 Å². The van der Waals surface area contributed by atoms with Crippen LogP contribution < -0.4 is 5.14 Å². The Kier molecular flexibility index (Phi) is 6.65. The molecule has 9 heteroatoms. The van der Waals surface area contributed by atoms with Gasteiger partial charge in [-0.25, -0.2) is 18.4 Å². The predicted molar refractivity (Wildman–Crippen MR) is 69.8 cm³/mol. The van der Waals surface area contributed by atoms with Crippen molar-refractivity contribution in [2.24, 2.45) is 5.14 Å². The van der Waals surface area contributed by atoms with E-state index in [1.54, 1.807) is 7.11 Å². The number of rotatable bonds is 9. The summed E-state index contributed by atoms with van der Waals surface area (Å²) in [5, 5.41) is 4.92. The first-order valence-electron chi connectivity index (χ1n) is 5.90. The largest absolute Gasteiger partial charge is 0.461 e. The molecular formula is C11H18N2O6S. The van der Waals surface area contributed by atoms with E-state index in [1.807, 2.05) is 0 Å². The van der Waals surface area contributed by atoms with Crippen LogP contribution in [0.15, 0.2) is 17.2 Å². The van der Waals surface area contributed by atoms with Gasteiger partial charge in [0.05, 0.1) is 19.8 Å². The van der Waals surface area contributed by atoms with E-state index < -0.39 is 16.0 Å². The number of nitrogens with two attached hydrogens (primary N) is 1. The minimum atomic E-state index is -3.82. The third-order valence-corrected chi connectivity index (χ3v) is 3.20. The van der Waals surface area contributed by atoms with E-state index >= 15 is 0 Å². The number of methoxy groups -OCH3 is 1. The molecule has 0 aliphatic heterocycles. The summed E-state index contributed by atoms with van der Waals surface area (Å²) < 4.78 is 37.0. The first-order valence-corrected chi connectivity index (χ1v) is 7.45. The van der Waals surface area contributed by atoms with Crippen LogP contribution in [0.4, 0.5) is 0 Å². The van der Waals surface area contributed by atoms with Crippen molar-refractivity contribution >= 4 is 16.0 Å². The maximum Gasteiger partial charge on any atom is 0.354 e. The van der Waals surface area contributed by atoms with Crippen molar-refractivity contribution in [3.05, 3.63) is 18.0 Å². The molecule has 0 atom stereocenters. The molecule has 20 heavy (non-hydrogen) atoms. The Labute approximate surface area is 117 Å². The standard InChI is InChI=1S/C11H18N2O6S/c1-17-5-6-18-3-2-4-19-11(14)10-7-9(8-13-10)20(12,15)16/h7-8,13H,2-6H2,1H3,(H2,12,15,16). The summed E-state index contributed by atoms with van der Waals surface area (Å²) in [7, 11) is -2.24. The number of hydrogen-bond acceptors (Lipinski definition) is 6. The van der Waals surface area contributed by atoms with Crippen LogP contribution in [0, 0.1) is 0 Å². The van der Waals surface area contributed by atoms with E-state index in [2.05, 4.69) is 4.98 Å². The number of aromatic nitrogens is 1. The van der Waals surface area contributed by atoms with E-state index in [9.17, 15) is 13.2 Å². The van der Waals surface area contributed by atoms with Crippen LogP contribution in [-0.4, -0.2) is 52.9 Å². The molecule has 0 fully saturated rings. The van der Waals surface area contributed by atoms with Gasteiger partial charge >= 0.3 is 5.97 Å². The highest BCUT2D eigenvalue weighted by Gasteiger charge is 2.15. The molecule has 1 rings (SSSR count). The summed E-state index contributed by atoms with van der Waals surface area (Å²) >= 11 is 0. The Balaban J connectivity index is 2.28. The van der Waals surface area contributed by atoms with E-state index in [0.29, 0.717) is 26.2 Å². The third-order valence-electron chi connectivity index (χ3n) is 2.30. The summed E-state index contributed by atoms with van der Waals surface area (Å²) in [5.41, 5.74) is 0.0364. The van der Waals surface area contributed by atoms with Crippen molar-refractivity contribution < 1.29 is 27.4 Å². The summed E-state index contributed by atoms with van der Waals surface area (Å²) in [6.07, 6.45) is 1.68. The van der Waals surface area contributed by atoms with Gasteiger partial charge in [-0.2, -0.15) is 0 Å². The maximum absolute atomic E-state index is 11.6. The number of sulfonamides is 1. The lowest BCUT2D eigenvalue weighted by Gasteiger charge is -2.04.